The van der Waals surface area contributed by atoms with Crippen molar-refractivity contribution in [2.45, 2.75) is 12.8 Å². The van der Waals surface area contributed by atoms with Crippen LogP contribution in [0.4, 0.5) is 0 Å². The Morgan fingerprint density at radius 3 is 2.34 bits per heavy atom. The molecule has 7 heteroatoms. The van der Waals surface area contributed by atoms with E-state index in [0.717, 1.165) is 25.0 Å². The van der Waals surface area contributed by atoms with Crippen LogP contribution in [-0.2, 0) is 11.2 Å². The molecule has 2 aliphatic rings. The molecule has 0 radical (unpaired) electrons. The summed E-state index contributed by atoms with van der Waals surface area (Å²) >= 11 is 0. The molecule has 0 bridgehead atoms. The Morgan fingerprint density at radius 1 is 0.897 bits per heavy atom. The molecule has 29 heavy (non-hydrogen) atoms. The van der Waals surface area contributed by atoms with Crippen LogP contribution in [0.2, 0.25) is 0 Å². The molecule has 148 valence electrons. The molecule has 2 saturated heterocycles. The van der Waals surface area contributed by atoms with E-state index in [1.807, 2.05) is 34.1 Å². The molecular weight excluding hydrogens is 366 g/mol. The molecule has 0 spiro atoms. The van der Waals surface area contributed by atoms with Crippen LogP contribution in [0.1, 0.15) is 22.3 Å². The lowest BCUT2D eigenvalue weighted by molar-refractivity contribution is -0.130. The van der Waals surface area contributed by atoms with Crippen LogP contribution in [0.25, 0.3) is 11.0 Å². The number of amides is 2. The summed E-state index contributed by atoms with van der Waals surface area (Å²) < 4.78 is 0. The lowest BCUT2D eigenvalue weighted by Crippen LogP contribution is -2.35. The zero-order valence-electron chi connectivity index (χ0n) is 16.1. The van der Waals surface area contributed by atoms with Crippen molar-refractivity contribution in [2.24, 2.45) is 11.8 Å². The Labute approximate surface area is 168 Å². The number of carbonyl (C=O) groups is 2. The van der Waals surface area contributed by atoms with E-state index in [1.54, 1.807) is 12.1 Å². The van der Waals surface area contributed by atoms with Gasteiger partial charge in [-0.3, -0.25) is 9.59 Å². The first-order chi connectivity index (χ1) is 14.2. The molecule has 2 amide bonds. The number of likely N-dealkylation sites (tertiary alicyclic amines) is 2. The summed E-state index contributed by atoms with van der Waals surface area (Å²) in [4.78, 5) is 29.4. The molecular formula is C22H23N5O2. The van der Waals surface area contributed by atoms with Crippen molar-refractivity contribution in [3.05, 3.63) is 59.7 Å². The Morgan fingerprint density at radius 2 is 1.59 bits per heavy atom. The molecule has 3 aromatic rings. The molecule has 5 rings (SSSR count). The van der Waals surface area contributed by atoms with Crippen LogP contribution >= 0.6 is 0 Å². The molecule has 0 unspecified atom stereocenters. The molecule has 2 aromatic carbocycles. The zero-order valence-corrected chi connectivity index (χ0v) is 16.1. The SMILES string of the molecule is O=C(CCc1ccccc1)N1C[C@@H]2CN(C(=O)c3ccc4n[nH]nc4c3)C[C@H]2C1. The normalized spacial score (nSPS) is 21.0. The highest BCUT2D eigenvalue weighted by Crippen LogP contribution is 2.32. The van der Waals surface area contributed by atoms with Gasteiger partial charge in [-0.15, -0.1) is 0 Å². The van der Waals surface area contributed by atoms with E-state index in [-0.39, 0.29) is 11.8 Å². The summed E-state index contributed by atoms with van der Waals surface area (Å²) in [5.41, 5.74) is 3.29. The minimum Gasteiger partial charge on any atom is -0.342 e. The Bertz CT molecular complexity index is 1030. The number of aromatic nitrogens is 3. The fourth-order valence-corrected chi connectivity index (χ4v) is 4.57. The van der Waals surface area contributed by atoms with Crippen molar-refractivity contribution in [2.75, 3.05) is 26.2 Å². The highest BCUT2D eigenvalue weighted by molar-refractivity contribution is 5.97. The number of benzene rings is 2. The topological polar surface area (TPSA) is 82.2 Å². The van der Waals surface area contributed by atoms with Crippen molar-refractivity contribution in [3.8, 4) is 0 Å². The Balaban J connectivity index is 1.17. The summed E-state index contributed by atoms with van der Waals surface area (Å²) in [6, 6.07) is 15.5. The van der Waals surface area contributed by atoms with Gasteiger partial charge < -0.3 is 9.80 Å². The van der Waals surface area contributed by atoms with Crippen molar-refractivity contribution in [1.29, 1.82) is 0 Å². The van der Waals surface area contributed by atoms with Crippen LogP contribution < -0.4 is 0 Å². The van der Waals surface area contributed by atoms with E-state index in [2.05, 4.69) is 27.5 Å². The minimum atomic E-state index is 0.0336. The average Bonchev–Trinajstić information content (AvgIpc) is 3.46. The van der Waals surface area contributed by atoms with Crippen molar-refractivity contribution < 1.29 is 9.59 Å². The first kappa shape index (κ1) is 17.8. The fraction of sp³-hybridized carbons (Fsp3) is 0.364. The summed E-state index contributed by atoms with van der Waals surface area (Å²) in [7, 11) is 0. The second kappa shape index (κ2) is 7.31. The molecule has 3 heterocycles. The number of carbonyl (C=O) groups excluding carboxylic acids is 2. The van der Waals surface area contributed by atoms with Gasteiger partial charge in [0.1, 0.15) is 11.0 Å². The van der Waals surface area contributed by atoms with E-state index >= 15 is 0 Å². The average molecular weight is 389 g/mol. The van der Waals surface area contributed by atoms with Gasteiger partial charge in [0.25, 0.3) is 5.91 Å². The molecule has 2 atom stereocenters. The number of aryl methyl sites for hydroxylation is 1. The predicted molar refractivity (Wildman–Crippen MR) is 108 cm³/mol. The number of hydrogen-bond donors (Lipinski definition) is 1. The number of aromatic amines is 1. The smallest absolute Gasteiger partial charge is 0.253 e. The second-order valence-electron chi connectivity index (χ2n) is 8.04. The molecule has 0 aliphatic carbocycles. The van der Waals surface area contributed by atoms with Gasteiger partial charge in [0.2, 0.25) is 5.91 Å². The zero-order chi connectivity index (χ0) is 19.8. The van der Waals surface area contributed by atoms with Gasteiger partial charge in [-0.2, -0.15) is 15.4 Å². The van der Waals surface area contributed by atoms with Gasteiger partial charge in [-0.25, -0.2) is 0 Å². The van der Waals surface area contributed by atoms with Crippen molar-refractivity contribution >= 4 is 22.8 Å². The maximum Gasteiger partial charge on any atom is 0.253 e. The second-order valence-corrected chi connectivity index (χ2v) is 8.04. The van der Waals surface area contributed by atoms with Gasteiger partial charge in [-0.05, 0) is 30.2 Å². The number of fused-ring (bicyclic) bond motifs is 2. The van der Waals surface area contributed by atoms with Gasteiger partial charge in [-0.1, -0.05) is 30.3 Å². The van der Waals surface area contributed by atoms with E-state index in [9.17, 15) is 9.59 Å². The summed E-state index contributed by atoms with van der Waals surface area (Å²) in [6.45, 7) is 2.93. The van der Waals surface area contributed by atoms with Gasteiger partial charge >= 0.3 is 0 Å². The molecule has 1 aromatic heterocycles. The third-order valence-electron chi connectivity index (χ3n) is 6.16. The van der Waals surface area contributed by atoms with E-state index in [1.165, 1.54) is 5.56 Å². The molecule has 2 aliphatic heterocycles. The number of hydrogen-bond acceptors (Lipinski definition) is 4. The lowest BCUT2D eigenvalue weighted by Gasteiger charge is -2.22. The maximum atomic E-state index is 12.9. The van der Waals surface area contributed by atoms with Crippen LogP contribution in [0.3, 0.4) is 0 Å². The first-order valence-electron chi connectivity index (χ1n) is 10.1. The largest absolute Gasteiger partial charge is 0.342 e. The lowest BCUT2D eigenvalue weighted by atomic mass is 10.0. The van der Waals surface area contributed by atoms with E-state index in [4.69, 9.17) is 0 Å². The first-order valence-corrected chi connectivity index (χ1v) is 10.1. The summed E-state index contributed by atoms with van der Waals surface area (Å²) in [5.74, 6) is 0.995. The van der Waals surface area contributed by atoms with E-state index in [0.29, 0.717) is 42.4 Å². The summed E-state index contributed by atoms with van der Waals surface area (Å²) in [6.07, 6.45) is 1.32. The van der Waals surface area contributed by atoms with Crippen LogP contribution in [-0.4, -0.2) is 63.2 Å². The molecule has 7 nitrogen and oxygen atoms in total. The molecule has 1 N–H and O–H groups in total. The highest BCUT2D eigenvalue weighted by Gasteiger charge is 2.42. The minimum absolute atomic E-state index is 0.0336. The van der Waals surface area contributed by atoms with Crippen molar-refractivity contribution in [3.63, 3.8) is 0 Å². The Hall–Kier alpha value is -3.22. The van der Waals surface area contributed by atoms with Gasteiger partial charge in [0.05, 0.1) is 0 Å². The van der Waals surface area contributed by atoms with E-state index < -0.39 is 0 Å². The number of H-pyrrole nitrogens is 1. The molecule has 0 saturated carbocycles. The number of rotatable bonds is 4. The summed E-state index contributed by atoms with van der Waals surface area (Å²) in [5, 5.41) is 10.7. The van der Waals surface area contributed by atoms with Crippen LogP contribution in [0, 0.1) is 11.8 Å². The third kappa shape index (κ3) is 3.48. The standard InChI is InChI=1S/C22H23N5O2/c28-21(9-6-15-4-2-1-3-5-15)26-11-17-13-27(14-18(17)12-26)22(29)16-7-8-19-20(10-16)24-25-23-19/h1-5,7-8,10,17-18H,6,9,11-14H2,(H,23,24,25)/t17-,18-/m1/s1. The maximum absolute atomic E-state index is 12.9. The number of nitrogens with zero attached hydrogens (tertiary/aromatic N) is 4. The highest BCUT2D eigenvalue weighted by atomic mass is 16.2. The predicted octanol–water partition coefficient (Wildman–Crippen LogP) is 2.12. The third-order valence-corrected chi connectivity index (χ3v) is 6.16. The van der Waals surface area contributed by atoms with Crippen LogP contribution in [0.5, 0.6) is 0 Å². The monoisotopic (exact) mass is 389 g/mol. The molecule has 2 fully saturated rings. The number of nitrogens with one attached hydrogen (secondary N) is 1. The van der Waals surface area contributed by atoms with Gasteiger partial charge in [0, 0.05) is 50.0 Å². The quantitative estimate of drug-likeness (QED) is 0.741. The Kier molecular flexibility index (Phi) is 4.50. The fourth-order valence-electron chi connectivity index (χ4n) is 4.57. The van der Waals surface area contributed by atoms with Crippen LogP contribution in [0.15, 0.2) is 48.5 Å². The van der Waals surface area contributed by atoms with Gasteiger partial charge in [0.15, 0.2) is 0 Å². The van der Waals surface area contributed by atoms with Crippen molar-refractivity contribution in [1.82, 2.24) is 25.2 Å².